The zero-order valence-electron chi connectivity index (χ0n) is 9.35. The molecule has 0 saturated carbocycles. The molecule has 1 heterocycles. The van der Waals surface area contributed by atoms with Gasteiger partial charge in [0.2, 0.25) is 5.91 Å². The first kappa shape index (κ1) is 11.2. The van der Waals surface area contributed by atoms with Crippen molar-refractivity contribution in [2.75, 3.05) is 13.2 Å². The summed E-state index contributed by atoms with van der Waals surface area (Å²) in [5.41, 5.74) is 0. The summed E-state index contributed by atoms with van der Waals surface area (Å²) in [4.78, 5) is 24.6. The molecule has 0 spiro atoms. The molecule has 88 valence electrons. The fourth-order valence-corrected chi connectivity index (χ4v) is 2.19. The van der Waals surface area contributed by atoms with E-state index in [-0.39, 0.29) is 11.8 Å². The van der Waals surface area contributed by atoms with Crippen LogP contribution in [0.5, 0.6) is 0 Å². The van der Waals surface area contributed by atoms with Gasteiger partial charge in [0.05, 0.1) is 6.54 Å². The molecule has 2 aliphatic rings. The Kier molecular flexibility index (Phi) is 3.59. The van der Waals surface area contributed by atoms with Crippen molar-refractivity contribution < 1.29 is 14.3 Å². The molecule has 1 unspecified atom stereocenters. The molecule has 1 saturated heterocycles. The fraction of sp³-hybridized carbons (Fsp3) is 0.667. The SMILES string of the molecule is O=C1OCCN1C(=O)C1C/C=C\CCCC1. The van der Waals surface area contributed by atoms with Crippen LogP contribution in [0.25, 0.3) is 0 Å². The van der Waals surface area contributed by atoms with Gasteiger partial charge in [-0.1, -0.05) is 18.6 Å². The number of amides is 2. The van der Waals surface area contributed by atoms with Gasteiger partial charge in [-0.15, -0.1) is 0 Å². The molecule has 0 aromatic rings. The smallest absolute Gasteiger partial charge is 0.416 e. The largest absolute Gasteiger partial charge is 0.447 e. The summed E-state index contributed by atoms with van der Waals surface area (Å²) < 4.78 is 4.78. The summed E-state index contributed by atoms with van der Waals surface area (Å²) >= 11 is 0. The van der Waals surface area contributed by atoms with E-state index in [4.69, 9.17) is 4.74 Å². The average molecular weight is 223 g/mol. The monoisotopic (exact) mass is 223 g/mol. The Bertz CT molecular complexity index is 311. The number of rotatable bonds is 1. The standard InChI is InChI=1S/C12H17NO3/c14-11(13-8-9-16-12(13)15)10-6-4-2-1-3-5-7-10/h2,4,10H,1,3,5-9H2/b4-2-. The lowest BCUT2D eigenvalue weighted by molar-refractivity contribution is -0.132. The van der Waals surface area contributed by atoms with Crippen LogP contribution in [0.15, 0.2) is 12.2 Å². The summed E-state index contributed by atoms with van der Waals surface area (Å²) in [5, 5.41) is 0. The first-order valence-corrected chi connectivity index (χ1v) is 5.92. The van der Waals surface area contributed by atoms with E-state index >= 15 is 0 Å². The van der Waals surface area contributed by atoms with Crippen LogP contribution in [0.4, 0.5) is 4.79 Å². The number of carbonyl (C=O) groups is 2. The van der Waals surface area contributed by atoms with E-state index in [2.05, 4.69) is 12.2 Å². The first-order chi connectivity index (χ1) is 7.79. The maximum absolute atomic E-state index is 12.1. The zero-order valence-corrected chi connectivity index (χ0v) is 9.35. The molecule has 0 bridgehead atoms. The maximum atomic E-state index is 12.1. The summed E-state index contributed by atoms with van der Waals surface area (Å²) in [6.07, 6.45) is 8.64. The molecule has 4 nitrogen and oxygen atoms in total. The quantitative estimate of drug-likeness (QED) is 0.639. The lowest BCUT2D eigenvalue weighted by atomic mass is 9.93. The van der Waals surface area contributed by atoms with Gasteiger partial charge in [-0.05, 0) is 25.7 Å². The molecule has 0 aromatic carbocycles. The Hall–Kier alpha value is -1.32. The summed E-state index contributed by atoms with van der Waals surface area (Å²) in [6.45, 7) is 0.755. The van der Waals surface area contributed by atoms with Crippen LogP contribution in [-0.4, -0.2) is 30.1 Å². The predicted octanol–water partition coefficient (Wildman–Crippen LogP) is 2.10. The number of cyclic esters (lactones) is 1. The second kappa shape index (κ2) is 5.14. The highest BCUT2D eigenvalue weighted by Gasteiger charge is 2.32. The molecule has 16 heavy (non-hydrogen) atoms. The van der Waals surface area contributed by atoms with E-state index in [0.717, 1.165) is 32.1 Å². The number of imide groups is 1. The number of carbonyl (C=O) groups excluding carboxylic acids is 2. The lowest BCUT2D eigenvalue weighted by Crippen LogP contribution is -2.36. The Labute approximate surface area is 95.2 Å². The molecule has 1 fully saturated rings. The number of hydrogen-bond acceptors (Lipinski definition) is 3. The Morgan fingerprint density at radius 3 is 3.00 bits per heavy atom. The molecule has 1 aliphatic heterocycles. The highest BCUT2D eigenvalue weighted by molar-refractivity contribution is 5.94. The molecule has 0 radical (unpaired) electrons. The summed E-state index contributed by atoms with van der Waals surface area (Å²) in [5.74, 6) is -0.101. The van der Waals surface area contributed by atoms with Gasteiger partial charge in [-0.2, -0.15) is 0 Å². The number of ether oxygens (including phenoxy) is 1. The van der Waals surface area contributed by atoms with Gasteiger partial charge in [0.1, 0.15) is 6.61 Å². The zero-order chi connectivity index (χ0) is 11.4. The minimum absolute atomic E-state index is 0.0396. The average Bonchev–Trinajstić information content (AvgIpc) is 2.63. The van der Waals surface area contributed by atoms with Crippen LogP contribution in [0, 0.1) is 5.92 Å². The third kappa shape index (κ3) is 2.43. The van der Waals surface area contributed by atoms with Crippen LogP contribution < -0.4 is 0 Å². The predicted molar refractivity (Wildman–Crippen MR) is 58.8 cm³/mol. The Morgan fingerprint density at radius 1 is 1.38 bits per heavy atom. The van der Waals surface area contributed by atoms with Gasteiger partial charge in [0.15, 0.2) is 0 Å². The lowest BCUT2D eigenvalue weighted by Gasteiger charge is -2.20. The van der Waals surface area contributed by atoms with Gasteiger partial charge in [-0.25, -0.2) is 9.69 Å². The van der Waals surface area contributed by atoms with Crippen LogP contribution in [0.3, 0.4) is 0 Å². The van der Waals surface area contributed by atoms with Crippen LogP contribution in [0.2, 0.25) is 0 Å². The summed E-state index contributed by atoms with van der Waals surface area (Å²) in [6, 6.07) is 0. The minimum Gasteiger partial charge on any atom is -0.447 e. The highest BCUT2D eigenvalue weighted by atomic mass is 16.6. The van der Waals surface area contributed by atoms with Crippen molar-refractivity contribution in [3.8, 4) is 0 Å². The third-order valence-corrected chi connectivity index (χ3v) is 3.14. The van der Waals surface area contributed by atoms with Crippen LogP contribution in [-0.2, 0) is 9.53 Å². The molecule has 2 amide bonds. The summed E-state index contributed by atoms with van der Waals surface area (Å²) in [7, 11) is 0. The van der Waals surface area contributed by atoms with E-state index in [9.17, 15) is 9.59 Å². The Morgan fingerprint density at radius 2 is 2.25 bits per heavy atom. The van der Waals surface area contributed by atoms with Crippen LogP contribution in [0.1, 0.15) is 32.1 Å². The highest BCUT2D eigenvalue weighted by Crippen LogP contribution is 2.21. The van der Waals surface area contributed by atoms with E-state index in [1.807, 2.05) is 0 Å². The molecule has 0 N–H and O–H groups in total. The normalized spacial score (nSPS) is 28.1. The van der Waals surface area contributed by atoms with Gasteiger partial charge < -0.3 is 4.74 Å². The maximum Gasteiger partial charge on any atom is 0.416 e. The molecule has 0 aromatic heterocycles. The molecule has 2 rings (SSSR count). The van der Waals surface area contributed by atoms with Gasteiger partial charge >= 0.3 is 6.09 Å². The van der Waals surface area contributed by atoms with Gasteiger partial charge in [0, 0.05) is 5.92 Å². The second-order valence-corrected chi connectivity index (χ2v) is 4.29. The van der Waals surface area contributed by atoms with E-state index in [1.165, 1.54) is 4.90 Å². The minimum atomic E-state index is -0.476. The van der Waals surface area contributed by atoms with Crippen molar-refractivity contribution in [3.63, 3.8) is 0 Å². The molecule has 1 aliphatic carbocycles. The number of nitrogens with zero attached hydrogens (tertiary/aromatic N) is 1. The van der Waals surface area contributed by atoms with Crippen LogP contribution >= 0.6 is 0 Å². The van der Waals surface area contributed by atoms with Crippen molar-refractivity contribution in [1.29, 1.82) is 0 Å². The van der Waals surface area contributed by atoms with Crippen molar-refractivity contribution >= 4 is 12.0 Å². The van der Waals surface area contributed by atoms with E-state index in [1.54, 1.807) is 0 Å². The third-order valence-electron chi connectivity index (χ3n) is 3.14. The van der Waals surface area contributed by atoms with Gasteiger partial charge in [-0.3, -0.25) is 4.79 Å². The Balaban J connectivity index is 1.99. The second-order valence-electron chi connectivity index (χ2n) is 4.29. The molecule has 4 heteroatoms. The molecule has 1 atom stereocenters. The number of allylic oxidation sites excluding steroid dienone is 2. The molecular weight excluding hydrogens is 206 g/mol. The van der Waals surface area contributed by atoms with Crippen molar-refractivity contribution in [3.05, 3.63) is 12.2 Å². The molecular formula is C12H17NO3. The van der Waals surface area contributed by atoms with Crippen molar-refractivity contribution in [2.45, 2.75) is 32.1 Å². The fourth-order valence-electron chi connectivity index (χ4n) is 2.19. The first-order valence-electron chi connectivity index (χ1n) is 5.92. The van der Waals surface area contributed by atoms with Crippen molar-refractivity contribution in [2.24, 2.45) is 5.92 Å². The van der Waals surface area contributed by atoms with E-state index < -0.39 is 6.09 Å². The van der Waals surface area contributed by atoms with E-state index in [0.29, 0.717) is 13.2 Å². The van der Waals surface area contributed by atoms with Gasteiger partial charge in [0.25, 0.3) is 0 Å². The topological polar surface area (TPSA) is 46.6 Å². The number of hydrogen-bond donors (Lipinski definition) is 0. The van der Waals surface area contributed by atoms with Crippen molar-refractivity contribution in [1.82, 2.24) is 4.90 Å².